The molecule has 0 unspecified atom stereocenters. The first-order chi connectivity index (χ1) is 19.8. The van der Waals surface area contributed by atoms with Gasteiger partial charge < -0.3 is 9.80 Å². The summed E-state index contributed by atoms with van der Waals surface area (Å²) in [6.45, 7) is 1.47. The van der Waals surface area contributed by atoms with Crippen LogP contribution in [0.25, 0.3) is 11.1 Å². The van der Waals surface area contributed by atoms with Crippen LogP contribution in [0.2, 0.25) is 5.02 Å². The monoisotopic (exact) mass is 598 g/mol. The van der Waals surface area contributed by atoms with E-state index in [1.54, 1.807) is 4.90 Å². The minimum atomic E-state index is -0.678. The second-order valence-electron chi connectivity index (χ2n) is 10.4. The third-order valence-electron chi connectivity index (χ3n) is 7.96. The number of fused-ring (bicyclic) bond motifs is 1. The number of nitrogens with zero attached hydrogens (tertiary/aromatic N) is 4. The summed E-state index contributed by atoms with van der Waals surface area (Å²) in [7, 11) is 0. The first-order valence-electron chi connectivity index (χ1n) is 13.7. The zero-order chi connectivity index (χ0) is 29.1. The molecule has 3 heterocycles. The Labute approximate surface area is 246 Å². The van der Waals surface area contributed by atoms with Crippen LogP contribution in [-0.2, 0) is 35.5 Å². The highest BCUT2D eigenvalue weighted by Gasteiger charge is 2.31. The Bertz CT molecular complexity index is 1580. The molecule has 2 aliphatic heterocycles. The second-order valence-corrected chi connectivity index (χ2v) is 11.8. The van der Waals surface area contributed by atoms with Gasteiger partial charge in [0.15, 0.2) is 0 Å². The molecule has 0 aliphatic carbocycles. The molecule has 0 spiro atoms. The maximum Gasteiger partial charge on any atom is 0.331 e. The van der Waals surface area contributed by atoms with E-state index in [0.29, 0.717) is 44.6 Å². The quantitative estimate of drug-likeness (QED) is 0.416. The summed E-state index contributed by atoms with van der Waals surface area (Å²) in [5.41, 5.74) is 1.34. The Hall–Kier alpha value is -3.37. The van der Waals surface area contributed by atoms with Gasteiger partial charge in [0.05, 0.1) is 17.0 Å². The van der Waals surface area contributed by atoms with E-state index in [-0.39, 0.29) is 47.1 Å². The number of carbonyl (C=O) groups is 2. The average Bonchev–Trinajstić information content (AvgIpc) is 3.14. The highest BCUT2D eigenvalue weighted by Crippen LogP contribution is 2.28. The number of carbonyl (C=O) groups excluding carboxylic acids is 2. The molecule has 2 aliphatic rings. The van der Waals surface area contributed by atoms with E-state index in [2.05, 4.69) is 6.07 Å². The standard InChI is InChI=1S/C30H32ClFN4O4S/c1-41-16-15-36-29(39)24(23-7-4-8-25(32)28(23)31)18-34(30(36)40)19-27(38)33-12-10-22(11-13-33)35-14-9-20-5-2-3-6-21(20)17-26(35)37/h2-8,18,22H,9-17,19H2,1H3. The first-order valence-corrected chi connectivity index (χ1v) is 15.5. The van der Waals surface area contributed by atoms with Crippen LogP contribution in [0.15, 0.2) is 58.3 Å². The van der Waals surface area contributed by atoms with E-state index in [0.717, 1.165) is 16.6 Å². The van der Waals surface area contributed by atoms with Gasteiger partial charge in [0.25, 0.3) is 5.56 Å². The van der Waals surface area contributed by atoms with Crippen LogP contribution in [0.1, 0.15) is 24.0 Å². The topological polar surface area (TPSA) is 84.6 Å². The first kappa shape index (κ1) is 29.1. The van der Waals surface area contributed by atoms with Gasteiger partial charge in [0.1, 0.15) is 12.4 Å². The van der Waals surface area contributed by atoms with Gasteiger partial charge in [0.2, 0.25) is 11.8 Å². The summed E-state index contributed by atoms with van der Waals surface area (Å²) in [4.78, 5) is 56.6. The summed E-state index contributed by atoms with van der Waals surface area (Å²) in [5.74, 6) is -0.312. The Balaban J connectivity index is 1.32. The number of piperidine rings is 1. The molecule has 5 rings (SSSR count). The molecule has 1 saturated heterocycles. The molecule has 0 bridgehead atoms. The summed E-state index contributed by atoms with van der Waals surface area (Å²) < 4.78 is 16.5. The highest BCUT2D eigenvalue weighted by atomic mass is 35.5. The van der Waals surface area contributed by atoms with Crippen molar-refractivity contribution in [2.45, 2.75) is 44.8 Å². The molecule has 0 saturated carbocycles. The smallest absolute Gasteiger partial charge is 0.331 e. The van der Waals surface area contributed by atoms with Crippen LogP contribution in [0.5, 0.6) is 0 Å². The molecule has 0 atom stereocenters. The number of aromatic nitrogens is 2. The van der Waals surface area contributed by atoms with E-state index < -0.39 is 17.1 Å². The summed E-state index contributed by atoms with van der Waals surface area (Å²) >= 11 is 7.66. The van der Waals surface area contributed by atoms with Crippen molar-refractivity contribution in [3.63, 3.8) is 0 Å². The molecule has 41 heavy (non-hydrogen) atoms. The number of hydrogen-bond donors (Lipinski definition) is 0. The average molecular weight is 599 g/mol. The van der Waals surface area contributed by atoms with Crippen LogP contribution in [0.4, 0.5) is 4.39 Å². The number of likely N-dealkylation sites (tertiary alicyclic amines) is 1. The van der Waals surface area contributed by atoms with Gasteiger partial charge in [-0.3, -0.25) is 23.5 Å². The zero-order valence-corrected chi connectivity index (χ0v) is 24.4. The molecule has 2 amide bonds. The van der Waals surface area contributed by atoms with Crippen LogP contribution in [0.3, 0.4) is 0 Å². The predicted octanol–water partition coefficient (Wildman–Crippen LogP) is 3.45. The maximum atomic E-state index is 14.2. The molecule has 8 nitrogen and oxygen atoms in total. The lowest BCUT2D eigenvalue weighted by Gasteiger charge is -2.38. The lowest BCUT2D eigenvalue weighted by Crippen LogP contribution is -2.50. The largest absolute Gasteiger partial charge is 0.341 e. The van der Waals surface area contributed by atoms with Crippen molar-refractivity contribution in [2.75, 3.05) is 31.6 Å². The number of benzene rings is 2. The second kappa shape index (κ2) is 12.7. The van der Waals surface area contributed by atoms with E-state index in [1.165, 1.54) is 46.3 Å². The van der Waals surface area contributed by atoms with E-state index in [1.807, 2.05) is 29.4 Å². The summed E-state index contributed by atoms with van der Waals surface area (Å²) in [6.07, 6.45) is 5.68. The van der Waals surface area contributed by atoms with Crippen molar-refractivity contribution >= 4 is 35.2 Å². The molecule has 216 valence electrons. The minimum absolute atomic E-state index is 0.0544. The lowest BCUT2D eigenvalue weighted by molar-refractivity contribution is -0.136. The Kier molecular flexibility index (Phi) is 8.99. The van der Waals surface area contributed by atoms with Gasteiger partial charge in [0, 0.05) is 49.7 Å². The number of rotatable bonds is 7. The predicted molar refractivity (Wildman–Crippen MR) is 159 cm³/mol. The highest BCUT2D eigenvalue weighted by molar-refractivity contribution is 7.98. The molecule has 1 fully saturated rings. The summed E-state index contributed by atoms with van der Waals surface area (Å²) in [5, 5.41) is -0.217. The lowest BCUT2D eigenvalue weighted by atomic mass is 10.0. The van der Waals surface area contributed by atoms with Crippen LogP contribution >= 0.6 is 23.4 Å². The van der Waals surface area contributed by atoms with Gasteiger partial charge in [-0.05, 0) is 42.7 Å². The Morgan fingerprint density at radius 3 is 2.46 bits per heavy atom. The van der Waals surface area contributed by atoms with Gasteiger partial charge in [-0.25, -0.2) is 9.18 Å². The molecular weight excluding hydrogens is 567 g/mol. The Morgan fingerprint density at radius 1 is 1.00 bits per heavy atom. The van der Waals surface area contributed by atoms with Gasteiger partial charge >= 0.3 is 5.69 Å². The van der Waals surface area contributed by atoms with Crippen molar-refractivity contribution in [1.29, 1.82) is 0 Å². The molecule has 3 aromatic rings. The fourth-order valence-electron chi connectivity index (χ4n) is 5.71. The number of halogens is 2. The molecule has 1 aromatic heterocycles. The number of amides is 2. The molecular formula is C30H32ClFN4O4S. The number of thioether (sulfide) groups is 1. The Morgan fingerprint density at radius 2 is 1.73 bits per heavy atom. The van der Waals surface area contributed by atoms with Gasteiger partial charge in [-0.15, -0.1) is 0 Å². The zero-order valence-electron chi connectivity index (χ0n) is 22.9. The fourth-order valence-corrected chi connectivity index (χ4v) is 6.30. The van der Waals surface area contributed by atoms with E-state index in [9.17, 15) is 23.6 Å². The van der Waals surface area contributed by atoms with Crippen molar-refractivity contribution in [1.82, 2.24) is 18.9 Å². The maximum absolute atomic E-state index is 14.2. The minimum Gasteiger partial charge on any atom is -0.341 e. The van der Waals surface area contributed by atoms with Crippen molar-refractivity contribution in [3.8, 4) is 11.1 Å². The molecule has 0 radical (unpaired) electrons. The van der Waals surface area contributed by atoms with Crippen molar-refractivity contribution in [2.24, 2.45) is 0 Å². The third kappa shape index (κ3) is 6.13. The van der Waals surface area contributed by atoms with Crippen LogP contribution < -0.4 is 11.2 Å². The molecule has 0 N–H and O–H groups in total. The molecule has 2 aromatic carbocycles. The van der Waals surface area contributed by atoms with Crippen LogP contribution in [-0.4, -0.2) is 68.4 Å². The SMILES string of the molecule is CSCCn1c(=O)c(-c2cccc(F)c2Cl)cn(CC(=O)N2CCC(N3CCc4ccccc4CC3=O)CC2)c1=O. The van der Waals surface area contributed by atoms with Gasteiger partial charge in [-0.2, -0.15) is 11.8 Å². The van der Waals surface area contributed by atoms with E-state index >= 15 is 0 Å². The van der Waals surface area contributed by atoms with Crippen molar-refractivity contribution in [3.05, 3.63) is 91.5 Å². The normalized spacial score (nSPS) is 16.0. The summed E-state index contributed by atoms with van der Waals surface area (Å²) in [6, 6.07) is 12.3. The molecule has 11 heteroatoms. The van der Waals surface area contributed by atoms with Crippen molar-refractivity contribution < 1.29 is 14.0 Å². The van der Waals surface area contributed by atoms with Crippen LogP contribution in [0, 0.1) is 5.82 Å². The fraction of sp³-hybridized carbons (Fsp3) is 0.400. The van der Waals surface area contributed by atoms with E-state index in [4.69, 9.17) is 11.6 Å². The van der Waals surface area contributed by atoms with Gasteiger partial charge in [-0.1, -0.05) is 48.0 Å². The number of hydrogen-bond acceptors (Lipinski definition) is 5. The third-order valence-corrected chi connectivity index (χ3v) is 8.94.